The van der Waals surface area contributed by atoms with Crippen molar-refractivity contribution in [1.82, 2.24) is 4.98 Å². The van der Waals surface area contributed by atoms with Crippen LogP contribution in [-0.4, -0.2) is 30.8 Å². The lowest BCUT2D eigenvalue weighted by atomic mass is 10.0. The van der Waals surface area contributed by atoms with E-state index in [9.17, 15) is 4.79 Å². The van der Waals surface area contributed by atoms with Gasteiger partial charge in [-0.2, -0.15) is 0 Å². The minimum absolute atomic E-state index is 0.0396. The van der Waals surface area contributed by atoms with Gasteiger partial charge in [0.25, 0.3) is 0 Å². The summed E-state index contributed by atoms with van der Waals surface area (Å²) in [6, 6.07) is 3.50. The van der Waals surface area contributed by atoms with Gasteiger partial charge in [0.1, 0.15) is 6.79 Å². The van der Waals surface area contributed by atoms with E-state index >= 15 is 0 Å². The molecule has 14 heavy (non-hydrogen) atoms. The van der Waals surface area contributed by atoms with Crippen LogP contribution in [0.3, 0.4) is 0 Å². The zero-order chi connectivity index (χ0) is 9.80. The normalized spacial score (nSPS) is 18.0. The predicted molar refractivity (Wildman–Crippen MR) is 48.8 cm³/mol. The first-order valence-corrected chi connectivity index (χ1v) is 4.47. The summed E-state index contributed by atoms with van der Waals surface area (Å²) in [5, 5.41) is 0. The Morgan fingerprint density at radius 1 is 1.43 bits per heavy atom. The molecule has 1 aliphatic rings. The van der Waals surface area contributed by atoms with E-state index in [2.05, 4.69) is 4.98 Å². The number of hydrogen-bond acceptors (Lipinski definition) is 4. The Kier molecular flexibility index (Phi) is 2.86. The van der Waals surface area contributed by atoms with Crippen LogP contribution in [0.4, 0.5) is 0 Å². The van der Waals surface area contributed by atoms with Gasteiger partial charge in [-0.05, 0) is 12.1 Å². The maximum atomic E-state index is 11.8. The number of carbonyl (C=O) groups is 1. The summed E-state index contributed by atoms with van der Waals surface area (Å²) in [7, 11) is 0. The predicted octanol–water partition coefficient (Wildman–Crippen LogP) is 0.885. The van der Waals surface area contributed by atoms with Crippen molar-refractivity contribution in [2.45, 2.75) is 0 Å². The van der Waals surface area contributed by atoms with Crippen molar-refractivity contribution in [2.75, 3.05) is 20.0 Å². The summed E-state index contributed by atoms with van der Waals surface area (Å²) in [6.07, 6.45) is 3.21. The molecule has 0 aromatic carbocycles. The molecule has 2 heterocycles. The van der Waals surface area contributed by atoms with E-state index in [1.165, 1.54) is 0 Å². The molecular weight excluding hydrogens is 182 g/mol. The summed E-state index contributed by atoms with van der Waals surface area (Å²) in [5.41, 5.74) is 0.617. The van der Waals surface area contributed by atoms with Gasteiger partial charge in [-0.25, -0.2) is 0 Å². The standard InChI is InChI=1S/C10H11NO3/c12-10(8-2-1-3-11-4-8)9-5-13-7-14-6-9/h1-4,9H,5-7H2. The van der Waals surface area contributed by atoms with Crippen LogP contribution in [0.1, 0.15) is 10.4 Å². The second-order valence-corrected chi connectivity index (χ2v) is 3.16. The van der Waals surface area contributed by atoms with Gasteiger partial charge in [-0.15, -0.1) is 0 Å². The molecule has 2 rings (SSSR count). The molecule has 0 spiro atoms. The van der Waals surface area contributed by atoms with E-state index < -0.39 is 0 Å². The van der Waals surface area contributed by atoms with Crippen molar-refractivity contribution in [3.05, 3.63) is 30.1 Å². The molecule has 0 atom stereocenters. The van der Waals surface area contributed by atoms with Crippen LogP contribution in [0.15, 0.2) is 24.5 Å². The molecular formula is C10H11NO3. The average Bonchev–Trinajstić information content (AvgIpc) is 2.30. The first-order valence-electron chi connectivity index (χ1n) is 4.47. The van der Waals surface area contributed by atoms with E-state index in [1.54, 1.807) is 24.5 Å². The average molecular weight is 193 g/mol. The number of ketones is 1. The molecule has 0 radical (unpaired) electrons. The molecule has 1 saturated heterocycles. The lowest BCUT2D eigenvalue weighted by Crippen LogP contribution is -2.30. The van der Waals surface area contributed by atoms with Crippen LogP contribution in [0, 0.1) is 5.92 Å². The van der Waals surface area contributed by atoms with Gasteiger partial charge < -0.3 is 9.47 Å². The third kappa shape index (κ3) is 1.97. The highest BCUT2D eigenvalue weighted by Crippen LogP contribution is 2.12. The van der Waals surface area contributed by atoms with Crippen molar-refractivity contribution in [1.29, 1.82) is 0 Å². The van der Waals surface area contributed by atoms with E-state index in [-0.39, 0.29) is 18.5 Å². The summed E-state index contributed by atoms with van der Waals surface area (Å²) in [6.45, 7) is 1.16. The van der Waals surface area contributed by atoms with Crippen molar-refractivity contribution >= 4 is 5.78 Å². The van der Waals surface area contributed by atoms with Crippen molar-refractivity contribution in [2.24, 2.45) is 5.92 Å². The highest BCUT2D eigenvalue weighted by Gasteiger charge is 2.23. The Labute approximate surface area is 81.9 Å². The fourth-order valence-corrected chi connectivity index (χ4v) is 1.38. The Balaban J connectivity index is 2.07. The number of pyridine rings is 1. The SMILES string of the molecule is O=C(c1cccnc1)C1COCOC1. The molecule has 1 aromatic rings. The van der Waals surface area contributed by atoms with Gasteiger partial charge in [0.05, 0.1) is 19.1 Å². The minimum Gasteiger partial charge on any atom is -0.355 e. The molecule has 4 heteroatoms. The highest BCUT2D eigenvalue weighted by atomic mass is 16.7. The third-order valence-electron chi connectivity index (χ3n) is 2.12. The largest absolute Gasteiger partial charge is 0.355 e. The van der Waals surface area contributed by atoms with E-state index in [0.717, 1.165) is 0 Å². The summed E-state index contributed by atoms with van der Waals surface area (Å²) in [4.78, 5) is 15.7. The van der Waals surface area contributed by atoms with Crippen molar-refractivity contribution in [3.63, 3.8) is 0 Å². The van der Waals surface area contributed by atoms with Gasteiger partial charge in [0, 0.05) is 18.0 Å². The van der Waals surface area contributed by atoms with Crippen molar-refractivity contribution in [3.8, 4) is 0 Å². The molecule has 0 amide bonds. The Hall–Kier alpha value is -1.26. The molecule has 0 N–H and O–H groups in total. The zero-order valence-corrected chi connectivity index (χ0v) is 7.68. The Bertz CT molecular complexity index is 306. The van der Waals surface area contributed by atoms with E-state index in [0.29, 0.717) is 18.8 Å². The third-order valence-corrected chi connectivity index (χ3v) is 2.12. The minimum atomic E-state index is -0.187. The smallest absolute Gasteiger partial charge is 0.172 e. The fourth-order valence-electron chi connectivity index (χ4n) is 1.38. The molecule has 0 aliphatic carbocycles. The van der Waals surface area contributed by atoms with Gasteiger partial charge in [0.15, 0.2) is 5.78 Å². The number of rotatable bonds is 2. The summed E-state index contributed by atoms with van der Waals surface area (Å²) < 4.78 is 10.1. The molecule has 74 valence electrons. The van der Waals surface area contributed by atoms with Crippen LogP contribution >= 0.6 is 0 Å². The monoisotopic (exact) mass is 193 g/mol. The lowest BCUT2D eigenvalue weighted by Gasteiger charge is -2.20. The number of Topliss-reactive ketones (excluding diaryl/α,β-unsaturated/α-hetero) is 1. The molecule has 0 saturated carbocycles. The lowest BCUT2D eigenvalue weighted by molar-refractivity contribution is -0.116. The highest BCUT2D eigenvalue weighted by molar-refractivity contribution is 5.97. The van der Waals surface area contributed by atoms with Gasteiger partial charge in [-0.3, -0.25) is 9.78 Å². The van der Waals surface area contributed by atoms with Crippen LogP contribution in [0.25, 0.3) is 0 Å². The zero-order valence-electron chi connectivity index (χ0n) is 7.68. The van der Waals surface area contributed by atoms with Crippen LogP contribution in [0.5, 0.6) is 0 Å². The fraction of sp³-hybridized carbons (Fsp3) is 0.400. The Morgan fingerprint density at radius 2 is 2.21 bits per heavy atom. The molecule has 4 nitrogen and oxygen atoms in total. The molecule has 0 bridgehead atoms. The van der Waals surface area contributed by atoms with Gasteiger partial charge >= 0.3 is 0 Å². The number of ether oxygens (including phenoxy) is 2. The number of carbonyl (C=O) groups excluding carboxylic acids is 1. The molecule has 1 aliphatic heterocycles. The van der Waals surface area contributed by atoms with Crippen LogP contribution < -0.4 is 0 Å². The maximum absolute atomic E-state index is 11.8. The first kappa shape index (κ1) is 9.30. The summed E-state index contributed by atoms with van der Waals surface area (Å²) in [5.74, 6) is -0.147. The topological polar surface area (TPSA) is 48.4 Å². The van der Waals surface area contributed by atoms with Crippen molar-refractivity contribution < 1.29 is 14.3 Å². The molecule has 1 fully saturated rings. The number of hydrogen-bond donors (Lipinski definition) is 0. The summed E-state index contributed by atoms with van der Waals surface area (Å²) >= 11 is 0. The maximum Gasteiger partial charge on any atom is 0.172 e. The first-order chi connectivity index (χ1) is 6.88. The van der Waals surface area contributed by atoms with E-state index in [4.69, 9.17) is 9.47 Å². The molecule has 1 aromatic heterocycles. The van der Waals surface area contributed by atoms with Gasteiger partial charge in [-0.1, -0.05) is 0 Å². The second kappa shape index (κ2) is 4.30. The quantitative estimate of drug-likeness (QED) is 0.654. The van der Waals surface area contributed by atoms with E-state index in [1.807, 2.05) is 0 Å². The number of aromatic nitrogens is 1. The number of nitrogens with zero attached hydrogens (tertiary/aromatic N) is 1. The van der Waals surface area contributed by atoms with Crippen LogP contribution in [-0.2, 0) is 9.47 Å². The van der Waals surface area contributed by atoms with Crippen LogP contribution in [0.2, 0.25) is 0 Å². The van der Waals surface area contributed by atoms with Gasteiger partial charge in [0.2, 0.25) is 0 Å². The molecule has 0 unspecified atom stereocenters. The Morgan fingerprint density at radius 3 is 2.86 bits per heavy atom. The second-order valence-electron chi connectivity index (χ2n) is 3.16.